The van der Waals surface area contributed by atoms with E-state index in [2.05, 4.69) is 15.5 Å². The summed E-state index contributed by atoms with van der Waals surface area (Å²) >= 11 is 0. The largest absolute Gasteiger partial charge is 0.490 e. The minimum Gasteiger partial charge on any atom is -0.490 e. The summed E-state index contributed by atoms with van der Waals surface area (Å²) in [6.45, 7) is 1.17. The number of fused-ring (bicyclic) bond motifs is 1. The van der Waals surface area contributed by atoms with Gasteiger partial charge < -0.3 is 20.9 Å². The SMILES string of the molecule is C[C@H](NC(=O)c1ccc2n[nH]c(C=Cc3ccc(F)cc3)c2c1OCCO)C(N)=O. The Kier molecular flexibility index (Phi) is 6.43. The second-order valence-electron chi connectivity index (χ2n) is 6.53. The molecule has 0 saturated heterocycles. The van der Waals surface area contributed by atoms with Crippen LogP contribution in [0.4, 0.5) is 4.39 Å². The maximum absolute atomic E-state index is 13.1. The van der Waals surface area contributed by atoms with Crippen LogP contribution in [0, 0.1) is 5.82 Å². The van der Waals surface area contributed by atoms with Crippen LogP contribution in [-0.2, 0) is 4.79 Å². The molecule has 0 spiro atoms. The zero-order valence-corrected chi connectivity index (χ0v) is 16.2. The number of aliphatic hydroxyl groups excluding tert-OH is 1. The molecule has 0 radical (unpaired) electrons. The number of amides is 2. The first-order chi connectivity index (χ1) is 14.4. The summed E-state index contributed by atoms with van der Waals surface area (Å²) in [5.41, 5.74) is 7.25. The number of nitrogens with two attached hydrogens (primary N) is 1. The highest BCUT2D eigenvalue weighted by atomic mass is 19.1. The van der Waals surface area contributed by atoms with Crippen LogP contribution in [0.3, 0.4) is 0 Å². The molecule has 0 bridgehead atoms. The van der Waals surface area contributed by atoms with E-state index in [1.54, 1.807) is 30.4 Å². The third-order valence-corrected chi connectivity index (χ3v) is 4.37. The predicted molar refractivity (Wildman–Crippen MR) is 110 cm³/mol. The van der Waals surface area contributed by atoms with Gasteiger partial charge in [0.2, 0.25) is 5.91 Å². The lowest BCUT2D eigenvalue weighted by Gasteiger charge is -2.14. The van der Waals surface area contributed by atoms with Crippen molar-refractivity contribution in [2.24, 2.45) is 5.73 Å². The monoisotopic (exact) mass is 412 g/mol. The number of benzene rings is 2. The maximum atomic E-state index is 13.1. The number of halogens is 1. The Labute approximate surface area is 171 Å². The first-order valence-corrected chi connectivity index (χ1v) is 9.19. The number of primary amides is 1. The van der Waals surface area contributed by atoms with E-state index in [0.29, 0.717) is 16.6 Å². The average Bonchev–Trinajstić information content (AvgIpc) is 3.14. The third kappa shape index (κ3) is 4.64. The number of aromatic amines is 1. The van der Waals surface area contributed by atoms with Gasteiger partial charge in [-0.3, -0.25) is 14.7 Å². The van der Waals surface area contributed by atoms with Gasteiger partial charge in [-0.1, -0.05) is 18.2 Å². The number of hydrogen-bond donors (Lipinski definition) is 4. The molecule has 2 aromatic carbocycles. The van der Waals surface area contributed by atoms with Crippen LogP contribution >= 0.6 is 0 Å². The van der Waals surface area contributed by atoms with Gasteiger partial charge >= 0.3 is 0 Å². The Morgan fingerprint density at radius 2 is 2.00 bits per heavy atom. The lowest BCUT2D eigenvalue weighted by Crippen LogP contribution is -2.42. The Morgan fingerprint density at radius 1 is 1.27 bits per heavy atom. The van der Waals surface area contributed by atoms with Crippen LogP contribution in [0.2, 0.25) is 0 Å². The number of nitrogens with zero attached hydrogens (tertiary/aromatic N) is 1. The number of carbonyl (C=O) groups is 2. The number of hydrogen-bond acceptors (Lipinski definition) is 5. The minimum atomic E-state index is -0.874. The van der Waals surface area contributed by atoms with Crippen molar-refractivity contribution in [3.05, 3.63) is 59.0 Å². The molecule has 0 saturated carbocycles. The summed E-state index contributed by atoms with van der Waals surface area (Å²) in [6.07, 6.45) is 3.48. The van der Waals surface area contributed by atoms with Gasteiger partial charge in [0.15, 0.2) is 0 Å². The Balaban J connectivity index is 2.03. The molecule has 0 aliphatic carbocycles. The number of aliphatic hydroxyl groups is 1. The lowest BCUT2D eigenvalue weighted by atomic mass is 10.1. The number of H-pyrrole nitrogens is 1. The molecule has 9 heteroatoms. The van der Waals surface area contributed by atoms with Crippen molar-refractivity contribution in [1.29, 1.82) is 0 Å². The van der Waals surface area contributed by atoms with Crippen molar-refractivity contribution in [1.82, 2.24) is 15.5 Å². The highest BCUT2D eigenvalue weighted by Gasteiger charge is 2.21. The highest BCUT2D eigenvalue weighted by molar-refractivity contribution is 6.06. The Hall–Kier alpha value is -3.72. The van der Waals surface area contributed by atoms with Crippen LogP contribution in [0.1, 0.15) is 28.5 Å². The van der Waals surface area contributed by atoms with E-state index in [0.717, 1.165) is 5.56 Å². The van der Waals surface area contributed by atoms with Crippen molar-refractivity contribution < 1.29 is 23.8 Å². The third-order valence-electron chi connectivity index (χ3n) is 4.37. The van der Waals surface area contributed by atoms with E-state index in [1.807, 2.05) is 0 Å². The average molecular weight is 412 g/mol. The van der Waals surface area contributed by atoms with E-state index >= 15 is 0 Å². The zero-order chi connectivity index (χ0) is 21.7. The van der Waals surface area contributed by atoms with Crippen molar-refractivity contribution in [3.63, 3.8) is 0 Å². The van der Waals surface area contributed by atoms with Gasteiger partial charge in [0.1, 0.15) is 24.2 Å². The number of carbonyl (C=O) groups excluding carboxylic acids is 2. The van der Waals surface area contributed by atoms with Gasteiger partial charge in [-0.2, -0.15) is 5.10 Å². The molecule has 1 heterocycles. The Bertz CT molecular complexity index is 1090. The van der Waals surface area contributed by atoms with E-state index in [1.165, 1.54) is 25.1 Å². The first-order valence-electron chi connectivity index (χ1n) is 9.19. The highest BCUT2D eigenvalue weighted by Crippen LogP contribution is 2.32. The summed E-state index contributed by atoms with van der Waals surface area (Å²) in [5.74, 6) is -1.35. The molecule has 30 heavy (non-hydrogen) atoms. The zero-order valence-electron chi connectivity index (χ0n) is 16.2. The quantitative estimate of drug-likeness (QED) is 0.449. The van der Waals surface area contributed by atoms with Crippen molar-refractivity contribution in [3.8, 4) is 5.75 Å². The minimum absolute atomic E-state index is 0.0446. The van der Waals surface area contributed by atoms with Crippen LogP contribution in [0.15, 0.2) is 36.4 Å². The molecular formula is C21H21FN4O4. The van der Waals surface area contributed by atoms with Gasteiger partial charge in [-0.15, -0.1) is 0 Å². The van der Waals surface area contributed by atoms with Crippen LogP contribution < -0.4 is 15.8 Å². The van der Waals surface area contributed by atoms with Gasteiger partial charge in [0.05, 0.1) is 28.8 Å². The fraction of sp³-hybridized carbons (Fsp3) is 0.190. The first kappa shape index (κ1) is 21.0. The molecule has 3 aromatic rings. The lowest BCUT2D eigenvalue weighted by molar-refractivity contribution is -0.119. The summed E-state index contributed by atoms with van der Waals surface area (Å²) in [6, 6.07) is 8.23. The smallest absolute Gasteiger partial charge is 0.255 e. The molecule has 8 nitrogen and oxygen atoms in total. The number of rotatable bonds is 8. The topological polar surface area (TPSA) is 130 Å². The van der Waals surface area contributed by atoms with E-state index in [9.17, 15) is 19.1 Å². The molecular weight excluding hydrogens is 391 g/mol. The number of ether oxygens (including phenoxy) is 1. The van der Waals surface area contributed by atoms with Gasteiger partial charge in [0, 0.05) is 0 Å². The van der Waals surface area contributed by atoms with Crippen molar-refractivity contribution in [2.75, 3.05) is 13.2 Å². The van der Waals surface area contributed by atoms with Gasteiger partial charge in [0.25, 0.3) is 5.91 Å². The second kappa shape index (κ2) is 9.19. The number of nitrogens with one attached hydrogen (secondary N) is 2. The second-order valence-corrected chi connectivity index (χ2v) is 6.53. The maximum Gasteiger partial charge on any atom is 0.255 e. The molecule has 1 aromatic heterocycles. The fourth-order valence-electron chi connectivity index (χ4n) is 2.80. The molecule has 0 unspecified atom stereocenters. The molecule has 0 aliphatic rings. The Morgan fingerprint density at radius 3 is 2.67 bits per heavy atom. The van der Waals surface area contributed by atoms with Crippen LogP contribution in [-0.4, -0.2) is 46.4 Å². The molecule has 2 amide bonds. The normalized spacial score (nSPS) is 12.2. The summed E-state index contributed by atoms with van der Waals surface area (Å²) in [5, 5.41) is 19.3. The van der Waals surface area contributed by atoms with E-state index in [4.69, 9.17) is 10.5 Å². The predicted octanol–water partition coefficient (Wildman–Crippen LogP) is 1.85. The van der Waals surface area contributed by atoms with E-state index < -0.39 is 17.9 Å². The van der Waals surface area contributed by atoms with Gasteiger partial charge in [-0.05, 0) is 42.8 Å². The van der Waals surface area contributed by atoms with Crippen LogP contribution in [0.5, 0.6) is 5.75 Å². The molecule has 3 rings (SSSR count). The fourth-order valence-corrected chi connectivity index (χ4v) is 2.80. The summed E-state index contributed by atoms with van der Waals surface area (Å²) in [4.78, 5) is 24.0. The molecule has 0 fully saturated rings. The van der Waals surface area contributed by atoms with Crippen molar-refractivity contribution in [2.45, 2.75) is 13.0 Å². The standard InChI is InChI=1S/C21H21FN4O4/c1-12(20(23)28)24-21(29)15-7-9-17-18(19(15)30-11-10-27)16(25-26-17)8-4-13-2-5-14(22)6-3-13/h2-9,12,27H,10-11H2,1H3,(H2,23,28)(H,24,29)(H,25,26)/t12-/m0/s1. The molecule has 0 aliphatic heterocycles. The molecule has 5 N–H and O–H groups in total. The molecule has 1 atom stereocenters. The van der Waals surface area contributed by atoms with Crippen molar-refractivity contribution >= 4 is 34.9 Å². The number of aromatic nitrogens is 2. The summed E-state index contributed by atoms with van der Waals surface area (Å²) in [7, 11) is 0. The molecule has 156 valence electrons. The van der Waals surface area contributed by atoms with Gasteiger partial charge in [-0.25, -0.2) is 4.39 Å². The van der Waals surface area contributed by atoms with Crippen LogP contribution in [0.25, 0.3) is 23.1 Å². The summed E-state index contributed by atoms with van der Waals surface area (Å²) < 4.78 is 18.8. The van der Waals surface area contributed by atoms with E-state index in [-0.39, 0.29) is 30.3 Å².